The topological polar surface area (TPSA) is 72.5 Å². The number of benzene rings is 2. The molecule has 0 fully saturated rings. The van der Waals surface area contributed by atoms with Crippen LogP contribution in [0.15, 0.2) is 36.4 Å². The lowest BCUT2D eigenvalue weighted by Crippen LogP contribution is -2.19. The Bertz CT molecular complexity index is 871. The molecule has 4 rings (SSSR count). The number of hydrogen-bond acceptors (Lipinski definition) is 5. The molecule has 3 aromatic rings. The minimum atomic E-state index is -0.383. The van der Waals surface area contributed by atoms with Gasteiger partial charge in [0.1, 0.15) is 0 Å². The number of ether oxygens (including phenoxy) is 2. The summed E-state index contributed by atoms with van der Waals surface area (Å²) in [5, 5.41) is 6.45. The fourth-order valence-corrected chi connectivity index (χ4v) is 3.26. The molecule has 0 aliphatic carbocycles. The molecular formula is C15H10ClN3O3S. The maximum Gasteiger partial charge on any atom is 0.325 e. The summed E-state index contributed by atoms with van der Waals surface area (Å²) in [5.41, 5.74) is 1.36. The molecule has 0 saturated heterocycles. The molecule has 1 aromatic heterocycles. The normalized spacial score (nSPS) is 12.4. The molecule has 0 atom stereocenters. The molecule has 23 heavy (non-hydrogen) atoms. The zero-order valence-electron chi connectivity index (χ0n) is 11.6. The molecule has 0 saturated carbocycles. The third kappa shape index (κ3) is 2.88. The minimum Gasteiger partial charge on any atom is -0.454 e. The van der Waals surface area contributed by atoms with E-state index in [0.717, 1.165) is 10.2 Å². The number of urea groups is 1. The zero-order valence-corrected chi connectivity index (χ0v) is 13.2. The molecule has 8 heteroatoms. The number of hydrogen-bond donors (Lipinski definition) is 2. The lowest BCUT2D eigenvalue weighted by Gasteiger charge is -2.05. The number of thiazole rings is 1. The van der Waals surface area contributed by atoms with Crippen LogP contribution in [-0.4, -0.2) is 17.8 Å². The maximum absolute atomic E-state index is 12.0. The molecule has 2 heterocycles. The van der Waals surface area contributed by atoms with Gasteiger partial charge in [0.25, 0.3) is 0 Å². The number of rotatable bonds is 2. The monoisotopic (exact) mass is 347 g/mol. The number of aromatic nitrogens is 1. The molecule has 0 radical (unpaired) electrons. The van der Waals surface area contributed by atoms with Gasteiger partial charge in [0, 0.05) is 22.8 Å². The van der Waals surface area contributed by atoms with Gasteiger partial charge < -0.3 is 14.8 Å². The number of carbonyl (C=O) groups excluding carboxylic acids is 1. The Kier molecular flexibility index (Phi) is 3.44. The van der Waals surface area contributed by atoms with Gasteiger partial charge in [-0.15, -0.1) is 0 Å². The Labute approximate surface area is 140 Å². The Hall–Kier alpha value is -2.51. The average molecular weight is 348 g/mol. The molecule has 2 amide bonds. The Morgan fingerprint density at radius 3 is 2.83 bits per heavy atom. The van der Waals surface area contributed by atoms with E-state index in [2.05, 4.69) is 15.6 Å². The largest absolute Gasteiger partial charge is 0.454 e. The number of nitrogens with one attached hydrogen (secondary N) is 2. The summed E-state index contributed by atoms with van der Waals surface area (Å²) >= 11 is 7.25. The van der Waals surface area contributed by atoms with Gasteiger partial charge in [0.15, 0.2) is 16.6 Å². The van der Waals surface area contributed by atoms with Crippen LogP contribution in [0.1, 0.15) is 0 Å². The van der Waals surface area contributed by atoms with Crippen LogP contribution in [0.2, 0.25) is 5.02 Å². The van der Waals surface area contributed by atoms with E-state index in [1.807, 2.05) is 6.07 Å². The lowest BCUT2D eigenvalue weighted by atomic mass is 10.3. The number of anilines is 2. The van der Waals surface area contributed by atoms with Crippen molar-refractivity contribution in [2.75, 3.05) is 17.4 Å². The van der Waals surface area contributed by atoms with Crippen LogP contribution in [-0.2, 0) is 0 Å². The van der Waals surface area contributed by atoms with Gasteiger partial charge >= 0.3 is 6.03 Å². The van der Waals surface area contributed by atoms with Crippen molar-refractivity contribution in [1.82, 2.24) is 4.98 Å². The third-order valence-electron chi connectivity index (χ3n) is 3.19. The van der Waals surface area contributed by atoms with Crippen LogP contribution < -0.4 is 20.1 Å². The van der Waals surface area contributed by atoms with Crippen molar-refractivity contribution >= 4 is 50.0 Å². The van der Waals surface area contributed by atoms with Crippen molar-refractivity contribution in [3.8, 4) is 11.5 Å². The number of fused-ring (bicyclic) bond motifs is 2. The number of nitrogens with zero attached hydrogens (tertiary/aromatic N) is 1. The van der Waals surface area contributed by atoms with Crippen LogP contribution in [0.5, 0.6) is 11.5 Å². The standard InChI is InChI=1S/C15H10ClN3O3S/c16-8-2-1-3-9(4-8)17-14(20)19-15-18-10-5-11-12(22-7-21-11)6-13(10)23-15/h1-6H,7H2,(H2,17,18,19,20). The fraction of sp³-hybridized carbons (Fsp3) is 0.0667. The van der Waals surface area contributed by atoms with E-state index in [4.69, 9.17) is 21.1 Å². The first kappa shape index (κ1) is 14.1. The van der Waals surface area contributed by atoms with E-state index in [1.165, 1.54) is 11.3 Å². The summed E-state index contributed by atoms with van der Waals surface area (Å²) in [6, 6.07) is 10.2. The molecule has 0 spiro atoms. The highest BCUT2D eigenvalue weighted by molar-refractivity contribution is 7.22. The van der Waals surface area contributed by atoms with Crippen LogP contribution in [0.25, 0.3) is 10.2 Å². The number of amides is 2. The zero-order chi connectivity index (χ0) is 15.8. The molecule has 1 aliphatic heterocycles. The molecule has 2 N–H and O–H groups in total. The van der Waals surface area contributed by atoms with Crippen LogP contribution in [0.4, 0.5) is 15.6 Å². The smallest absolute Gasteiger partial charge is 0.325 e. The molecular weight excluding hydrogens is 338 g/mol. The summed E-state index contributed by atoms with van der Waals surface area (Å²) in [6.45, 7) is 0.222. The summed E-state index contributed by atoms with van der Waals surface area (Å²) in [4.78, 5) is 16.4. The first-order valence-electron chi connectivity index (χ1n) is 6.71. The highest BCUT2D eigenvalue weighted by atomic mass is 35.5. The summed E-state index contributed by atoms with van der Waals surface area (Å²) in [6.07, 6.45) is 0. The van der Waals surface area contributed by atoms with Crippen molar-refractivity contribution in [1.29, 1.82) is 0 Å². The van der Waals surface area contributed by atoms with E-state index in [0.29, 0.717) is 27.3 Å². The van der Waals surface area contributed by atoms with Crippen molar-refractivity contribution in [2.45, 2.75) is 0 Å². The SMILES string of the molecule is O=C(Nc1cccc(Cl)c1)Nc1nc2cc3c(cc2s1)OCO3. The summed E-state index contributed by atoms with van der Waals surface area (Å²) < 4.78 is 11.6. The Morgan fingerprint density at radius 2 is 2.00 bits per heavy atom. The van der Waals surface area contributed by atoms with E-state index >= 15 is 0 Å². The van der Waals surface area contributed by atoms with Crippen molar-refractivity contribution < 1.29 is 14.3 Å². The van der Waals surface area contributed by atoms with Crippen LogP contribution in [0, 0.1) is 0 Å². The predicted molar refractivity (Wildman–Crippen MR) is 89.8 cm³/mol. The van der Waals surface area contributed by atoms with Gasteiger partial charge in [0.05, 0.1) is 10.2 Å². The molecule has 2 aromatic carbocycles. The van der Waals surface area contributed by atoms with Gasteiger partial charge in [-0.3, -0.25) is 5.32 Å². The van der Waals surface area contributed by atoms with Gasteiger partial charge in [0.2, 0.25) is 6.79 Å². The van der Waals surface area contributed by atoms with Crippen LogP contribution in [0.3, 0.4) is 0 Å². The van der Waals surface area contributed by atoms with Crippen molar-refractivity contribution in [3.05, 3.63) is 41.4 Å². The van der Waals surface area contributed by atoms with Gasteiger partial charge in [-0.1, -0.05) is 29.0 Å². The third-order valence-corrected chi connectivity index (χ3v) is 4.35. The van der Waals surface area contributed by atoms with Gasteiger partial charge in [-0.25, -0.2) is 9.78 Å². The van der Waals surface area contributed by atoms with Crippen molar-refractivity contribution in [2.24, 2.45) is 0 Å². The number of halogens is 1. The van der Waals surface area contributed by atoms with Gasteiger partial charge in [-0.05, 0) is 18.2 Å². The van der Waals surface area contributed by atoms with E-state index in [9.17, 15) is 4.79 Å². The molecule has 116 valence electrons. The summed E-state index contributed by atoms with van der Waals surface area (Å²) in [7, 11) is 0. The molecule has 0 bridgehead atoms. The van der Waals surface area contributed by atoms with Crippen molar-refractivity contribution in [3.63, 3.8) is 0 Å². The van der Waals surface area contributed by atoms with E-state index in [-0.39, 0.29) is 12.8 Å². The Balaban J connectivity index is 1.52. The highest BCUT2D eigenvalue weighted by Crippen LogP contribution is 2.38. The second kappa shape index (κ2) is 5.60. The van der Waals surface area contributed by atoms with Gasteiger partial charge in [-0.2, -0.15) is 0 Å². The molecule has 6 nitrogen and oxygen atoms in total. The highest BCUT2D eigenvalue weighted by Gasteiger charge is 2.17. The maximum atomic E-state index is 12.0. The van der Waals surface area contributed by atoms with E-state index < -0.39 is 0 Å². The minimum absolute atomic E-state index is 0.222. The Morgan fingerprint density at radius 1 is 1.17 bits per heavy atom. The summed E-state index contributed by atoms with van der Waals surface area (Å²) in [5.74, 6) is 1.36. The average Bonchev–Trinajstić information content (AvgIpc) is 3.09. The first-order valence-corrected chi connectivity index (χ1v) is 7.90. The second-order valence-corrected chi connectivity index (χ2v) is 6.25. The fourth-order valence-electron chi connectivity index (χ4n) is 2.20. The lowest BCUT2D eigenvalue weighted by molar-refractivity contribution is 0.174. The second-order valence-electron chi connectivity index (χ2n) is 4.78. The number of carbonyl (C=O) groups is 1. The van der Waals surface area contributed by atoms with Crippen LogP contribution >= 0.6 is 22.9 Å². The predicted octanol–water partition coefficient (Wildman–Crippen LogP) is 4.32. The molecule has 0 unspecified atom stereocenters. The van der Waals surface area contributed by atoms with E-state index in [1.54, 1.807) is 30.3 Å². The first-order chi connectivity index (χ1) is 11.2. The molecule has 1 aliphatic rings. The quantitative estimate of drug-likeness (QED) is 0.724.